The summed E-state index contributed by atoms with van der Waals surface area (Å²) in [5, 5.41) is 0.125. The molecular formula is C17H32O5Si. The highest BCUT2D eigenvalue weighted by Gasteiger charge is 2.43. The van der Waals surface area contributed by atoms with E-state index in [0.717, 1.165) is 5.57 Å². The second-order valence-electron chi connectivity index (χ2n) is 7.26. The summed E-state index contributed by atoms with van der Waals surface area (Å²) in [5.74, 6) is -1.88. The second kappa shape index (κ2) is 7.17. The van der Waals surface area contributed by atoms with Gasteiger partial charge < -0.3 is 23.4 Å². The van der Waals surface area contributed by atoms with Crippen molar-refractivity contribution in [2.24, 2.45) is 0 Å². The van der Waals surface area contributed by atoms with Gasteiger partial charge in [0.15, 0.2) is 8.32 Å². The van der Waals surface area contributed by atoms with Crippen LogP contribution in [-0.2, 0) is 23.4 Å². The molecule has 0 spiro atoms. The summed E-state index contributed by atoms with van der Waals surface area (Å²) in [6.45, 7) is 11.5. The largest absolute Gasteiger partial charge is 0.413 e. The smallest absolute Gasteiger partial charge is 0.213 e. The number of rotatable bonds is 7. The Hall–Kier alpha value is -0.503. The van der Waals surface area contributed by atoms with Crippen LogP contribution in [0.2, 0.25) is 18.1 Å². The molecule has 1 aliphatic rings. The first kappa shape index (κ1) is 20.5. The average molecular weight is 345 g/mol. The Morgan fingerprint density at radius 1 is 0.913 bits per heavy atom. The highest BCUT2D eigenvalue weighted by Crippen LogP contribution is 2.39. The van der Waals surface area contributed by atoms with Gasteiger partial charge in [-0.1, -0.05) is 20.8 Å². The fraction of sp³-hybridized carbons (Fsp3) is 0.765. The maximum atomic E-state index is 6.34. The minimum atomic E-state index is -1.90. The lowest BCUT2D eigenvalue weighted by atomic mass is 9.96. The van der Waals surface area contributed by atoms with Crippen LogP contribution in [0.25, 0.3) is 0 Å². The zero-order valence-corrected chi connectivity index (χ0v) is 17.0. The first-order valence-electron chi connectivity index (χ1n) is 7.78. The Morgan fingerprint density at radius 3 is 1.83 bits per heavy atom. The van der Waals surface area contributed by atoms with Crippen molar-refractivity contribution >= 4 is 8.32 Å². The molecule has 0 saturated heterocycles. The third kappa shape index (κ3) is 4.13. The van der Waals surface area contributed by atoms with E-state index in [4.69, 9.17) is 23.4 Å². The van der Waals surface area contributed by atoms with Crippen molar-refractivity contribution in [3.05, 3.63) is 23.8 Å². The van der Waals surface area contributed by atoms with Gasteiger partial charge in [0, 0.05) is 34.0 Å². The predicted octanol–water partition coefficient (Wildman–Crippen LogP) is 3.48. The van der Waals surface area contributed by atoms with Crippen LogP contribution in [0, 0.1) is 0 Å². The van der Waals surface area contributed by atoms with Gasteiger partial charge in [-0.15, -0.1) is 0 Å². The molecule has 0 aromatic rings. The quantitative estimate of drug-likeness (QED) is 0.402. The molecule has 0 amide bonds. The molecule has 0 aromatic carbocycles. The standard InChI is InChI=1S/C17H32O5Si/c1-15(2,3)23(8,9)22-13-14-12-16(18-4,19-5)10-11-17(14,20-6)21-7/h10-12H,13H2,1-9H3. The number of hydrogen-bond acceptors (Lipinski definition) is 5. The van der Waals surface area contributed by atoms with Crippen molar-refractivity contribution in [1.29, 1.82) is 0 Å². The molecule has 5 nitrogen and oxygen atoms in total. The third-order valence-electron chi connectivity index (χ3n) is 5.00. The van der Waals surface area contributed by atoms with E-state index in [1.807, 2.05) is 12.2 Å². The summed E-state index contributed by atoms with van der Waals surface area (Å²) in [7, 11) is 4.52. The average Bonchev–Trinajstić information content (AvgIpc) is 2.51. The van der Waals surface area contributed by atoms with Gasteiger partial charge in [0.05, 0.1) is 6.61 Å². The van der Waals surface area contributed by atoms with E-state index in [-0.39, 0.29) is 5.04 Å². The van der Waals surface area contributed by atoms with E-state index in [0.29, 0.717) is 6.61 Å². The first-order chi connectivity index (χ1) is 10.5. The number of methoxy groups -OCH3 is 4. The lowest BCUT2D eigenvalue weighted by Gasteiger charge is -2.41. The van der Waals surface area contributed by atoms with E-state index in [9.17, 15) is 0 Å². The summed E-state index contributed by atoms with van der Waals surface area (Å²) in [6, 6.07) is 0. The Labute approximate surface area is 141 Å². The van der Waals surface area contributed by atoms with Gasteiger partial charge >= 0.3 is 0 Å². The minimum Gasteiger partial charge on any atom is -0.413 e. The molecule has 0 heterocycles. The van der Waals surface area contributed by atoms with Crippen molar-refractivity contribution < 1.29 is 23.4 Å². The van der Waals surface area contributed by atoms with E-state index in [1.54, 1.807) is 34.5 Å². The van der Waals surface area contributed by atoms with E-state index in [2.05, 4.69) is 33.9 Å². The van der Waals surface area contributed by atoms with Crippen LogP contribution in [0.3, 0.4) is 0 Å². The van der Waals surface area contributed by atoms with Crippen LogP contribution in [0.15, 0.2) is 23.8 Å². The van der Waals surface area contributed by atoms with Gasteiger partial charge in [0.25, 0.3) is 0 Å². The summed E-state index contributed by atoms with van der Waals surface area (Å²) < 4.78 is 28.6. The second-order valence-corrected chi connectivity index (χ2v) is 12.1. The molecule has 23 heavy (non-hydrogen) atoms. The number of hydrogen-bond donors (Lipinski definition) is 0. The van der Waals surface area contributed by atoms with Crippen LogP contribution < -0.4 is 0 Å². The predicted molar refractivity (Wildman–Crippen MR) is 93.9 cm³/mol. The fourth-order valence-corrected chi connectivity index (χ4v) is 3.11. The van der Waals surface area contributed by atoms with Crippen LogP contribution in [0.5, 0.6) is 0 Å². The zero-order valence-electron chi connectivity index (χ0n) is 16.0. The van der Waals surface area contributed by atoms with Gasteiger partial charge in [-0.2, -0.15) is 0 Å². The molecule has 0 N–H and O–H groups in total. The summed E-state index contributed by atoms with van der Waals surface area (Å²) in [4.78, 5) is 0. The molecule has 6 heteroatoms. The van der Waals surface area contributed by atoms with Gasteiger partial charge in [-0.3, -0.25) is 0 Å². The van der Waals surface area contributed by atoms with Crippen LogP contribution in [0.4, 0.5) is 0 Å². The van der Waals surface area contributed by atoms with Crippen molar-refractivity contribution in [3.8, 4) is 0 Å². The monoisotopic (exact) mass is 344 g/mol. The van der Waals surface area contributed by atoms with Crippen molar-refractivity contribution in [1.82, 2.24) is 0 Å². The van der Waals surface area contributed by atoms with Gasteiger partial charge in [0.1, 0.15) is 0 Å². The maximum Gasteiger partial charge on any atom is 0.213 e. The molecule has 0 atom stereocenters. The zero-order chi connectivity index (χ0) is 17.9. The van der Waals surface area contributed by atoms with Gasteiger partial charge in [0.2, 0.25) is 11.6 Å². The van der Waals surface area contributed by atoms with Crippen molar-refractivity contribution in [2.75, 3.05) is 35.0 Å². The van der Waals surface area contributed by atoms with Crippen LogP contribution in [-0.4, -0.2) is 54.9 Å². The Bertz CT molecular complexity index is 454. The number of ether oxygens (including phenoxy) is 4. The Balaban J connectivity index is 3.13. The summed E-state index contributed by atoms with van der Waals surface area (Å²) >= 11 is 0. The maximum absolute atomic E-state index is 6.34. The molecule has 0 radical (unpaired) electrons. The lowest BCUT2D eigenvalue weighted by molar-refractivity contribution is -0.168. The fourth-order valence-electron chi connectivity index (χ4n) is 2.16. The highest BCUT2D eigenvalue weighted by atomic mass is 28.4. The molecule has 0 fully saturated rings. The molecule has 134 valence electrons. The normalized spacial score (nSPS) is 20.5. The first-order valence-corrected chi connectivity index (χ1v) is 10.7. The minimum absolute atomic E-state index is 0.125. The van der Waals surface area contributed by atoms with Gasteiger partial charge in [-0.25, -0.2) is 0 Å². The molecule has 0 aliphatic heterocycles. The third-order valence-corrected chi connectivity index (χ3v) is 9.48. The highest BCUT2D eigenvalue weighted by molar-refractivity contribution is 6.74. The molecule has 1 rings (SSSR count). The Morgan fingerprint density at radius 2 is 1.43 bits per heavy atom. The van der Waals surface area contributed by atoms with Crippen LogP contribution >= 0.6 is 0 Å². The van der Waals surface area contributed by atoms with E-state index < -0.39 is 19.9 Å². The lowest BCUT2D eigenvalue weighted by Crippen LogP contribution is -2.46. The molecule has 0 saturated carbocycles. The van der Waals surface area contributed by atoms with Crippen LogP contribution in [0.1, 0.15) is 20.8 Å². The molecule has 0 unspecified atom stereocenters. The molecule has 0 aromatic heterocycles. The van der Waals surface area contributed by atoms with Crippen molar-refractivity contribution in [3.63, 3.8) is 0 Å². The van der Waals surface area contributed by atoms with E-state index in [1.165, 1.54) is 0 Å². The van der Waals surface area contributed by atoms with Gasteiger partial charge in [-0.05, 0) is 36.4 Å². The summed E-state index contributed by atoms with van der Waals surface area (Å²) in [5.41, 5.74) is 0.832. The van der Waals surface area contributed by atoms with Crippen molar-refractivity contribution in [2.45, 2.75) is 50.5 Å². The SMILES string of the molecule is COC1(OC)C=CC(OC)(OC)C(CO[Si](C)(C)C(C)(C)C)=C1. The Kier molecular flexibility index (Phi) is 6.40. The topological polar surface area (TPSA) is 46.2 Å². The summed E-state index contributed by atoms with van der Waals surface area (Å²) in [6.07, 6.45) is 5.47. The molecule has 0 bridgehead atoms. The molecular weight excluding hydrogens is 312 g/mol. The molecule has 1 aliphatic carbocycles. The van der Waals surface area contributed by atoms with E-state index >= 15 is 0 Å².